The molecule has 2 aromatic rings. The maximum atomic E-state index is 10.9. The molecule has 12 heavy (non-hydrogen) atoms. The monoisotopic (exact) mass is 245 g/mol. The van der Waals surface area contributed by atoms with Crippen LogP contribution in [0.5, 0.6) is 0 Å². The number of benzene rings is 1. The van der Waals surface area contributed by atoms with Crippen LogP contribution >= 0.6 is 8.03 Å². The molecule has 1 N–H and O–H groups in total. The van der Waals surface area contributed by atoms with Gasteiger partial charge in [-0.25, -0.2) is 0 Å². The molecular formula is C8H6O2PSe+. The standard InChI is InChI=1S/C8H5O2PSe/c9-11(10)7-5-12-8-4-2-1-3-6(7)8/h1-5H/p+1. The average Bonchev–Trinajstić information content (AvgIpc) is 2.47. The fraction of sp³-hybridized carbons (Fsp3) is 0. The van der Waals surface area contributed by atoms with Gasteiger partial charge in [0.05, 0.1) is 0 Å². The summed E-state index contributed by atoms with van der Waals surface area (Å²) in [6, 6.07) is 7.77. The van der Waals surface area contributed by atoms with Gasteiger partial charge in [-0.2, -0.15) is 0 Å². The minimum absolute atomic E-state index is 0.250. The zero-order valence-corrected chi connectivity index (χ0v) is 8.71. The van der Waals surface area contributed by atoms with Gasteiger partial charge in [0, 0.05) is 0 Å². The van der Waals surface area contributed by atoms with E-state index < -0.39 is 8.03 Å². The van der Waals surface area contributed by atoms with E-state index in [1.165, 1.54) is 4.26 Å². The maximum absolute atomic E-state index is 10.9. The van der Waals surface area contributed by atoms with Crippen molar-refractivity contribution in [2.45, 2.75) is 0 Å². The first-order chi connectivity index (χ1) is 5.79. The third-order valence-corrected chi connectivity index (χ3v) is 4.86. The van der Waals surface area contributed by atoms with E-state index >= 15 is 0 Å². The van der Waals surface area contributed by atoms with Crippen LogP contribution in [0.3, 0.4) is 0 Å². The summed E-state index contributed by atoms with van der Waals surface area (Å²) in [5, 5.41) is 1.57. The van der Waals surface area contributed by atoms with Gasteiger partial charge in [0.15, 0.2) is 0 Å². The van der Waals surface area contributed by atoms with E-state index in [-0.39, 0.29) is 14.5 Å². The summed E-state index contributed by atoms with van der Waals surface area (Å²) < 4.78 is 12.1. The molecule has 0 aliphatic heterocycles. The Labute approximate surface area is 76.5 Å². The Balaban J connectivity index is 2.79. The van der Waals surface area contributed by atoms with E-state index in [9.17, 15) is 4.57 Å². The second-order valence-electron chi connectivity index (χ2n) is 2.39. The van der Waals surface area contributed by atoms with Crippen LogP contribution < -0.4 is 5.30 Å². The molecule has 1 aromatic carbocycles. The summed E-state index contributed by atoms with van der Waals surface area (Å²) >= 11 is 0.250. The van der Waals surface area contributed by atoms with E-state index in [0.717, 1.165) is 5.39 Å². The van der Waals surface area contributed by atoms with Crippen molar-refractivity contribution in [2.75, 3.05) is 0 Å². The second kappa shape index (κ2) is 3.12. The van der Waals surface area contributed by atoms with Crippen molar-refractivity contribution in [2.24, 2.45) is 0 Å². The van der Waals surface area contributed by atoms with Gasteiger partial charge in [-0.3, -0.25) is 0 Å². The van der Waals surface area contributed by atoms with Crippen LogP contribution in [0, 0.1) is 0 Å². The molecule has 0 saturated carbocycles. The molecule has 0 aliphatic carbocycles. The fourth-order valence-corrected chi connectivity index (χ4v) is 4.35. The Morgan fingerprint density at radius 1 is 1.33 bits per heavy atom. The Bertz CT molecular complexity index is 435. The van der Waals surface area contributed by atoms with Gasteiger partial charge in [0.25, 0.3) is 0 Å². The molecule has 1 heterocycles. The molecule has 0 amide bonds. The molecule has 0 saturated heterocycles. The number of hydrogen-bond donors (Lipinski definition) is 1. The van der Waals surface area contributed by atoms with Crippen LogP contribution in [0.1, 0.15) is 0 Å². The van der Waals surface area contributed by atoms with Crippen molar-refractivity contribution in [1.29, 1.82) is 0 Å². The van der Waals surface area contributed by atoms with Crippen molar-refractivity contribution in [3.8, 4) is 0 Å². The van der Waals surface area contributed by atoms with E-state index in [0.29, 0.717) is 5.30 Å². The Morgan fingerprint density at radius 2 is 2.08 bits per heavy atom. The zero-order chi connectivity index (χ0) is 8.55. The van der Waals surface area contributed by atoms with Crippen molar-refractivity contribution in [3.63, 3.8) is 0 Å². The first-order valence-corrected chi connectivity index (χ1v) is 6.47. The van der Waals surface area contributed by atoms with E-state index in [4.69, 9.17) is 4.89 Å². The topological polar surface area (TPSA) is 37.3 Å². The van der Waals surface area contributed by atoms with Gasteiger partial charge in [0.1, 0.15) is 0 Å². The summed E-state index contributed by atoms with van der Waals surface area (Å²) in [4.78, 5) is 10.8. The second-order valence-corrected chi connectivity index (χ2v) is 5.33. The molecule has 0 spiro atoms. The van der Waals surface area contributed by atoms with Crippen LogP contribution in [-0.4, -0.2) is 19.4 Å². The minimum atomic E-state index is -2.16. The van der Waals surface area contributed by atoms with Gasteiger partial charge < -0.3 is 0 Å². The van der Waals surface area contributed by atoms with Gasteiger partial charge in [-0.05, 0) is 0 Å². The first kappa shape index (κ1) is 8.15. The zero-order valence-electron chi connectivity index (χ0n) is 6.10. The van der Waals surface area contributed by atoms with Crippen LogP contribution in [0.25, 0.3) is 9.65 Å². The predicted molar refractivity (Wildman–Crippen MR) is 50.3 cm³/mol. The van der Waals surface area contributed by atoms with Gasteiger partial charge in [-0.1, -0.05) is 0 Å². The average molecular weight is 244 g/mol. The third-order valence-electron chi connectivity index (χ3n) is 1.67. The van der Waals surface area contributed by atoms with Crippen LogP contribution in [0.2, 0.25) is 0 Å². The Kier molecular flexibility index (Phi) is 2.12. The quantitative estimate of drug-likeness (QED) is 0.605. The van der Waals surface area contributed by atoms with Crippen molar-refractivity contribution < 1.29 is 9.46 Å². The molecule has 0 bridgehead atoms. The summed E-state index contributed by atoms with van der Waals surface area (Å²) in [6.07, 6.45) is 0. The normalized spacial score (nSPS) is 11.9. The van der Waals surface area contributed by atoms with Crippen LogP contribution in [0.15, 0.2) is 29.2 Å². The Morgan fingerprint density at radius 3 is 2.83 bits per heavy atom. The van der Waals surface area contributed by atoms with E-state index in [2.05, 4.69) is 0 Å². The van der Waals surface area contributed by atoms with Gasteiger partial charge in [-0.15, -0.1) is 0 Å². The van der Waals surface area contributed by atoms with Crippen LogP contribution in [0.4, 0.5) is 0 Å². The summed E-state index contributed by atoms with van der Waals surface area (Å²) in [6.45, 7) is 0. The molecule has 2 rings (SSSR count). The summed E-state index contributed by atoms with van der Waals surface area (Å²) in [7, 11) is -2.16. The summed E-state index contributed by atoms with van der Waals surface area (Å²) in [5.41, 5.74) is 0. The van der Waals surface area contributed by atoms with Gasteiger partial charge in [0.2, 0.25) is 0 Å². The van der Waals surface area contributed by atoms with Gasteiger partial charge >= 0.3 is 76.1 Å². The van der Waals surface area contributed by atoms with Crippen molar-refractivity contribution in [1.82, 2.24) is 0 Å². The first-order valence-electron chi connectivity index (χ1n) is 3.41. The number of hydrogen-bond acceptors (Lipinski definition) is 1. The van der Waals surface area contributed by atoms with Crippen molar-refractivity contribution >= 4 is 37.5 Å². The molecule has 4 heteroatoms. The van der Waals surface area contributed by atoms with Crippen LogP contribution in [-0.2, 0) is 4.57 Å². The molecular weight excluding hydrogens is 238 g/mol. The SMILES string of the molecule is O=[P+](O)c1c[se]c2ccccc12. The molecule has 0 radical (unpaired) electrons. The van der Waals surface area contributed by atoms with E-state index in [1.54, 1.807) is 0 Å². The fourth-order valence-electron chi connectivity index (χ4n) is 1.11. The molecule has 0 fully saturated rings. The predicted octanol–water partition coefficient (Wildman–Crippen LogP) is 1.26. The van der Waals surface area contributed by atoms with Crippen molar-refractivity contribution in [3.05, 3.63) is 29.2 Å². The molecule has 60 valence electrons. The summed E-state index contributed by atoms with van der Waals surface area (Å²) in [5.74, 6) is 0. The molecule has 1 aromatic heterocycles. The number of fused-ring (bicyclic) bond motifs is 1. The number of rotatable bonds is 1. The Hall–Kier alpha value is -0.461. The molecule has 2 nitrogen and oxygen atoms in total. The van der Waals surface area contributed by atoms with E-state index in [1.807, 2.05) is 29.2 Å². The molecule has 0 aliphatic rings. The molecule has 1 atom stereocenters. The third kappa shape index (κ3) is 1.26. The molecule has 1 unspecified atom stereocenters.